The van der Waals surface area contributed by atoms with Crippen LogP contribution in [0.15, 0.2) is 182 Å². The molecule has 0 aliphatic heterocycles. The van der Waals surface area contributed by atoms with Crippen molar-refractivity contribution in [3.63, 3.8) is 0 Å². The number of pyridine rings is 1. The van der Waals surface area contributed by atoms with Crippen molar-refractivity contribution in [1.82, 2.24) is 14.1 Å². The lowest BCUT2D eigenvalue weighted by Crippen LogP contribution is -2.01. The molecule has 0 spiro atoms. The third kappa shape index (κ3) is 4.09. The Hall–Kier alpha value is -6.71. The largest absolute Gasteiger partial charge is 0.309 e. The normalized spacial score (nSPS) is 13.7. The molecule has 10 aromatic rings. The van der Waals surface area contributed by atoms with E-state index in [2.05, 4.69) is 191 Å². The fourth-order valence-electron chi connectivity index (χ4n) is 8.70. The third-order valence-corrected chi connectivity index (χ3v) is 10.8. The maximum Gasteiger partial charge on any atom is 0.138 e. The second kappa shape index (κ2) is 10.9. The van der Waals surface area contributed by atoms with Crippen molar-refractivity contribution in [1.29, 1.82) is 0 Å². The first-order chi connectivity index (χ1) is 25.3. The Bertz CT molecular complexity index is 2930. The highest BCUT2D eigenvalue weighted by Gasteiger charge is 2.33. The van der Waals surface area contributed by atoms with E-state index in [1.54, 1.807) is 0 Å². The molecule has 11 rings (SSSR count). The molecule has 3 nitrogen and oxygen atoms in total. The molecule has 0 amide bonds. The molecule has 0 saturated heterocycles. The zero-order valence-electron chi connectivity index (χ0n) is 27.7. The highest BCUT2D eigenvalue weighted by molar-refractivity contribution is 6.15. The summed E-state index contributed by atoms with van der Waals surface area (Å²) >= 11 is 0. The zero-order valence-corrected chi connectivity index (χ0v) is 27.7. The minimum Gasteiger partial charge on any atom is -0.309 e. The number of benzene rings is 7. The van der Waals surface area contributed by atoms with Gasteiger partial charge in [0, 0.05) is 44.3 Å². The van der Waals surface area contributed by atoms with Crippen LogP contribution in [0.3, 0.4) is 0 Å². The molecule has 3 heteroatoms. The standard InChI is InChI=1S/C48H31N3/c1-2-14-31(15-3-1)46-37-21-4-5-22-38(37)47-40(46)29-28-39-36-20-8-11-26-44(36)51(48(39)47)45-27-13-23-41(49-45)32-16-12-17-33(30-32)50-42-24-9-6-18-34(42)35-19-7-10-25-43(35)50/h1-30,46H. The van der Waals surface area contributed by atoms with Crippen LogP contribution in [-0.2, 0) is 0 Å². The molecular weight excluding hydrogens is 619 g/mol. The van der Waals surface area contributed by atoms with Crippen molar-refractivity contribution in [2.45, 2.75) is 5.92 Å². The van der Waals surface area contributed by atoms with Crippen LogP contribution in [0, 0.1) is 0 Å². The monoisotopic (exact) mass is 649 g/mol. The van der Waals surface area contributed by atoms with Gasteiger partial charge in [0.1, 0.15) is 5.82 Å². The first-order valence-corrected chi connectivity index (χ1v) is 17.6. The van der Waals surface area contributed by atoms with Gasteiger partial charge in [0.2, 0.25) is 0 Å². The number of nitrogens with zero attached hydrogens (tertiary/aromatic N) is 3. The molecule has 1 aliphatic carbocycles. The van der Waals surface area contributed by atoms with Crippen LogP contribution in [0.1, 0.15) is 22.6 Å². The van der Waals surface area contributed by atoms with Gasteiger partial charge in [0.05, 0.1) is 27.8 Å². The Kier molecular flexibility index (Phi) is 6.02. The Morgan fingerprint density at radius 3 is 1.82 bits per heavy atom. The number of hydrogen-bond acceptors (Lipinski definition) is 1. The van der Waals surface area contributed by atoms with Gasteiger partial charge >= 0.3 is 0 Å². The Morgan fingerprint density at radius 1 is 0.431 bits per heavy atom. The molecule has 51 heavy (non-hydrogen) atoms. The maximum atomic E-state index is 5.45. The molecule has 0 fully saturated rings. The molecule has 0 bridgehead atoms. The summed E-state index contributed by atoms with van der Waals surface area (Å²) in [5.41, 5.74) is 14.5. The lowest BCUT2D eigenvalue weighted by Gasteiger charge is -2.15. The summed E-state index contributed by atoms with van der Waals surface area (Å²) in [6.45, 7) is 0. The Morgan fingerprint density at radius 2 is 1.06 bits per heavy atom. The molecule has 3 heterocycles. The van der Waals surface area contributed by atoms with E-state index in [1.165, 1.54) is 65.9 Å². The van der Waals surface area contributed by atoms with Gasteiger partial charge in [-0.05, 0) is 64.7 Å². The van der Waals surface area contributed by atoms with Gasteiger partial charge in [0.15, 0.2) is 0 Å². The Balaban J connectivity index is 1.13. The van der Waals surface area contributed by atoms with Gasteiger partial charge in [-0.25, -0.2) is 4.98 Å². The van der Waals surface area contributed by atoms with Crippen LogP contribution in [0.4, 0.5) is 0 Å². The van der Waals surface area contributed by atoms with Crippen molar-refractivity contribution in [2.75, 3.05) is 0 Å². The average Bonchev–Trinajstić information content (AvgIpc) is 3.84. The highest BCUT2D eigenvalue weighted by Crippen LogP contribution is 2.52. The van der Waals surface area contributed by atoms with E-state index in [-0.39, 0.29) is 5.92 Å². The summed E-state index contributed by atoms with van der Waals surface area (Å²) in [5.74, 6) is 1.09. The van der Waals surface area contributed by atoms with Gasteiger partial charge < -0.3 is 4.57 Å². The summed E-state index contributed by atoms with van der Waals surface area (Å²) in [6.07, 6.45) is 0. The van der Waals surface area contributed by atoms with Crippen LogP contribution in [0.5, 0.6) is 0 Å². The lowest BCUT2D eigenvalue weighted by atomic mass is 9.89. The number of rotatable bonds is 4. The molecule has 238 valence electrons. The number of hydrogen-bond donors (Lipinski definition) is 0. The predicted octanol–water partition coefficient (Wildman–Crippen LogP) is 12.1. The van der Waals surface area contributed by atoms with Crippen molar-refractivity contribution in [3.8, 4) is 33.9 Å². The minimum atomic E-state index is 0.177. The fraction of sp³-hybridized carbons (Fsp3) is 0.0208. The van der Waals surface area contributed by atoms with Crippen LogP contribution in [0.2, 0.25) is 0 Å². The van der Waals surface area contributed by atoms with E-state index in [4.69, 9.17) is 4.98 Å². The van der Waals surface area contributed by atoms with Crippen LogP contribution in [-0.4, -0.2) is 14.1 Å². The molecule has 7 aromatic carbocycles. The summed E-state index contributed by atoms with van der Waals surface area (Å²) in [4.78, 5) is 5.45. The molecule has 0 radical (unpaired) electrons. The second-order valence-corrected chi connectivity index (χ2v) is 13.5. The van der Waals surface area contributed by atoms with E-state index < -0.39 is 0 Å². The molecule has 3 aromatic heterocycles. The second-order valence-electron chi connectivity index (χ2n) is 13.5. The van der Waals surface area contributed by atoms with Gasteiger partial charge in [0.25, 0.3) is 0 Å². The van der Waals surface area contributed by atoms with E-state index >= 15 is 0 Å². The number of para-hydroxylation sites is 3. The fourth-order valence-corrected chi connectivity index (χ4v) is 8.70. The summed E-state index contributed by atoms with van der Waals surface area (Å²) in [7, 11) is 0. The Labute approximate surface area is 295 Å². The number of fused-ring (bicyclic) bond motifs is 10. The first kappa shape index (κ1) is 28.2. The highest BCUT2D eigenvalue weighted by atomic mass is 15.1. The smallest absolute Gasteiger partial charge is 0.138 e. The molecular formula is C48H31N3. The maximum absolute atomic E-state index is 5.45. The topological polar surface area (TPSA) is 22.8 Å². The van der Waals surface area contributed by atoms with Gasteiger partial charge in [-0.3, -0.25) is 4.57 Å². The molecule has 1 unspecified atom stereocenters. The van der Waals surface area contributed by atoms with Crippen molar-refractivity contribution in [3.05, 3.63) is 199 Å². The SMILES string of the molecule is c1ccc(C2c3ccccc3-c3c2ccc2c4ccccc4n(-c4cccc(-c5cccc(-n6c7ccccc7c7ccccc76)c5)n4)c32)cc1. The van der Waals surface area contributed by atoms with Crippen molar-refractivity contribution >= 4 is 43.6 Å². The lowest BCUT2D eigenvalue weighted by molar-refractivity contribution is 1.01. The summed E-state index contributed by atoms with van der Waals surface area (Å²) < 4.78 is 4.77. The minimum absolute atomic E-state index is 0.177. The van der Waals surface area contributed by atoms with Gasteiger partial charge in [-0.2, -0.15) is 0 Å². The molecule has 1 aliphatic rings. The zero-order chi connectivity index (χ0) is 33.5. The molecule has 1 atom stereocenters. The quantitative estimate of drug-likeness (QED) is 0.186. The van der Waals surface area contributed by atoms with E-state index in [0.29, 0.717) is 0 Å². The first-order valence-electron chi connectivity index (χ1n) is 17.6. The van der Waals surface area contributed by atoms with E-state index in [1.807, 2.05) is 0 Å². The molecule has 0 saturated carbocycles. The van der Waals surface area contributed by atoms with Crippen LogP contribution in [0.25, 0.3) is 77.5 Å². The molecule has 0 N–H and O–H groups in total. The van der Waals surface area contributed by atoms with E-state index in [9.17, 15) is 0 Å². The van der Waals surface area contributed by atoms with Gasteiger partial charge in [-0.15, -0.1) is 0 Å². The predicted molar refractivity (Wildman–Crippen MR) is 211 cm³/mol. The van der Waals surface area contributed by atoms with Crippen molar-refractivity contribution < 1.29 is 0 Å². The summed E-state index contributed by atoms with van der Waals surface area (Å²) in [6, 6.07) is 65.9. The third-order valence-electron chi connectivity index (χ3n) is 10.8. The van der Waals surface area contributed by atoms with Crippen molar-refractivity contribution in [2.24, 2.45) is 0 Å². The summed E-state index contributed by atoms with van der Waals surface area (Å²) in [5, 5.41) is 4.99. The van der Waals surface area contributed by atoms with Gasteiger partial charge in [-0.1, -0.05) is 140 Å². The van der Waals surface area contributed by atoms with Crippen LogP contribution < -0.4 is 0 Å². The number of aromatic nitrogens is 3. The van der Waals surface area contributed by atoms with E-state index in [0.717, 1.165) is 28.3 Å². The van der Waals surface area contributed by atoms with Crippen LogP contribution >= 0.6 is 0 Å². The average molecular weight is 650 g/mol.